The first-order chi connectivity index (χ1) is 8.21. The summed E-state index contributed by atoms with van der Waals surface area (Å²) >= 11 is 0. The van der Waals surface area contributed by atoms with Gasteiger partial charge < -0.3 is 11.1 Å². The first-order valence-corrected chi connectivity index (χ1v) is 6.61. The summed E-state index contributed by atoms with van der Waals surface area (Å²) in [5.74, 6) is 2.28. The smallest absolute Gasteiger partial charge is 0.135 e. The quantitative estimate of drug-likeness (QED) is 0.863. The van der Waals surface area contributed by atoms with E-state index in [-0.39, 0.29) is 10.8 Å². The zero-order valence-corrected chi connectivity index (χ0v) is 12.3. The Hall–Kier alpha value is -1.32. The lowest BCUT2D eigenvalue weighted by molar-refractivity contribution is 0.457. The highest BCUT2D eigenvalue weighted by Gasteiger charge is 2.65. The highest BCUT2D eigenvalue weighted by Crippen LogP contribution is 2.63. The van der Waals surface area contributed by atoms with Crippen molar-refractivity contribution >= 4 is 11.6 Å². The van der Waals surface area contributed by atoms with Crippen molar-refractivity contribution in [2.75, 3.05) is 11.1 Å². The molecule has 1 aliphatic carbocycles. The number of anilines is 2. The normalized spacial score (nSPS) is 20.8. The molecule has 0 atom stereocenters. The molecule has 1 saturated carbocycles. The first kappa shape index (κ1) is 13.1. The lowest BCUT2D eigenvalue weighted by Crippen LogP contribution is -2.15. The second-order valence-electron chi connectivity index (χ2n) is 6.37. The first-order valence-electron chi connectivity index (χ1n) is 6.61. The molecule has 0 spiro atoms. The van der Waals surface area contributed by atoms with Crippen LogP contribution >= 0.6 is 0 Å². The van der Waals surface area contributed by atoms with Crippen LogP contribution in [0, 0.1) is 17.8 Å². The van der Waals surface area contributed by atoms with Crippen molar-refractivity contribution in [3.05, 3.63) is 11.4 Å². The zero-order chi connectivity index (χ0) is 13.7. The molecule has 1 aromatic rings. The van der Waals surface area contributed by atoms with Gasteiger partial charge in [-0.15, -0.1) is 0 Å². The summed E-state index contributed by atoms with van der Waals surface area (Å²) in [5.41, 5.74) is 7.45. The average Bonchev–Trinajstić information content (AvgIpc) is 2.66. The second kappa shape index (κ2) is 3.84. The number of nitrogens with zero attached hydrogens (tertiary/aromatic N) is 2. The number of rotatable bonds is 3. The molecule has 0 aliphatic heterocycles. The molecule has 1 heterocycles. The summed E-state index contributed by atoms with van der Waals surface area (Å²) < 4.78 is 0. The average molecular weight is 248 g/mol. The van der Waals surface area contributed by atoms with Gasteiger partial charge in [0.2, 0.25) is 0 Å². The molecule has 0 unspecified atom stereocenters. The minimum atomic E-state index is 0.283. The largest absolute Gasteiger partial charge is 0.383 e. The Kier molecular flexibility index (Phi) is 2.80. The van der Waals surface area contributed by atoms with Crippen LogP contribution in [0.3, 0.4) is 0 Å². The second-order valence-corrected chi connectivity index (χ2v) is 6.37. The van der Waals surface area contributed by atoms with Crippen LogP contribution in [0.2, 0.25) is 0 Å². The molecule has 4 heteroatoms. The number of hydrogen-bond acceptors (Lipinski definition) is 4. The monoisotopic (exact) mass is 248 g/mol. The zero-order valence-electron chi connectivity index (χ0n) is 12.3. The van der Waals surface area contributed by atoms with E-state index in [2.05, 4.69) is 43.0 Å². The number of aryl methyl sites for hydroxylation is 1. The van der Waals surface area contributed by atoms with Crippen LogP contribution in [0.5, 0.6) is 0 Å². The highest BCUT2D eigenvalue weighted by molar-refractivity contribution is 5.57. The van der Waals surface area contributed by atoms with Gasteiger partial charge in [-0.1, -0.05) is 34.6 Å². The van der Waals surface area contributed by atoms with E-state index in [0.29, 0.717) is 11.9 Å². The van der Waals surface area contributed by atoms with Gasteiger partial charge in [0.15, 0.2) is 0 Å². The fourth-order valence-electron chi connectivity index (χ4n) is 2.57. The van der Waals surface area contributed by atoms with Crippen molar-refractivity contribution < 1.29 is 0 Å². The van der Waals surface area contributed by atoms with Gasteiger partial charge in [-0.05, 0) is 17.8 Å². The Balaban J connectivity index is 2.28. The van der Waals surface area contributed by atoms with Gasteiger partial charge in [0.1, 0.15) is 17.5 Å². The fraction of sp³-hybridized carbons (Fsp3) is 0.714. The maximum absolute atomic E-state index is 5.94. The van der Waals surface area contributed by atoms with Gasteiger partial charge in [-0.3, -0.25) is 0 Å². The van der Waals surface area contributed by atoms with E-state index in [1.54, 1.807) is 0 Å². The fourth-order valence-corrected chi connectivity index (χ4v) is 2.57. The molecule has 100 valence electrons. The van der Waals surface area contributed by atoms with Crippen LogP contribution in [-0.2, 0) is 6.42 Å². The summed E-state index contributed by atoms with van der Waals surface area (Å²) in [5, 5.41) is 3.55. The molecular weight excluding hydrogens is 224 g/mol. The Morgan fingerprint density at radius 1 is 1.17 bits per heavy atom. The summed E-state index contributed by atoms with van der Waals surface area (Å²) in [6.45, 7) is 13.1. The van der Waals surface area contributed by atoms with Crippen LogP contribution in [0.1, 0.15) is 46.0 Å². The lowest BCUT2D eigenvalue weighted by Gasteiger charge is -2.13. The minimum Gasteiger partial charge on any atom is -0.383 e. The molecule has 1 aromatic heterocycles. The maximum atomic E-state index is 5.94. The van der Waals surface area contributed by atoms with Gasteiger partial charge in [0.25, 0.3) is 0 Å². The van der Waals surface area contributed by atoms with Gasteiger partial charge in [0, 0.05) is 18.0 Å². The van der Waals surface area contributed by atoms with E-state index in [0.717, 1.165) is 23.6 Å². The van der Waals surface area contributed by atoms with E-state index in [4.69, 9.17) is 5.73 Å². The summed E-state index contributed by atoms with van der Waals surface area (Å²) in [6, 6.07) is 0.433. The summed E-state index contributed by atoms with van der Waals surface area (Å²) in [6.07, 6.45) is 0.802. The summed E-state index contributed by atoms with van der Waals surface area (Å²) in [7, 11) is 0. The van der Waals surface area contributed by atoms with Crippen molar-refractivity contribution in [3.63, 3.8) is 0 Å². The van der Waals surface area contributed by atoms with Gasteiger partial charge in [0.05, 0.1) is 0 Å². The van der Waals surface area contributed by atoms with Crippen LogP contribution < -0.4 is 11.1 Å². The Labute approximate surface area is 109 Å². The van der Waals surface area contributed by atoms with Crippen molar-refractivity contribution in [2.24, 2.45) is 10.8 Å². The molecule has 0 radical (unpaired) electrons. The van der Waals surface area contributed by atoms with E-state index in [1.807, 2.05) is 13.8 Å². The third-order valence-electron chi connectivity index (χ3n) is 4.85. The van der Waals surface area contributed by atoms with Crippen molar-refractivity contribution in [2.45, 2.75) is 54.0 Å². The molecule has 0 aromatic carbocycles. The van der Waals surface area contributed by atoms with Gasteiger partial charge >= 0.3 is 0 Å². The number of nitrogens with two attached hydrogens (primary N) is 1. The van der Waals surface area contributed by atoms with E-state index in [9.17, 15) is 0 Å². The predicted molar refractivity (Wildman–Crippen MR) is 75.5 cm³/mol. The van der Waals surface area contributed by atoms with Gasteiger partial charge in [-0.2, -0.15) is 0 Å². The van der Waals surface area contributed by atoms with Gasteiger partial charge in [-0.25, -0.2) is 9.97 Å². The molecule has 2 rings (SSSR count). The number of aromatic nitrogens is 2. The van der Waals surface area contributed by atoms with E-state index in [1.165, 1.54) is 0 Å². The Morgan fingerprint density at radius 3 is 2.17 bits per heavy atom. The maximum Gasteiger partial charge on any atom is 0.135 e. The van der Waals surface area contributed by atoms with E-state index >= 15 is 0 Å². The van der Waals surface area contributed by atoms with Crippen molar-refractivity contribution in [1.29, 1.82) is 0 Å². The number of hydrogen-bond donors (Lipinski definition) is 2. The molecular formula is C14H24N4. The molecule has 1 fully saturated rings. The topological polar surface area (TPSA) is 63.8 Å². The molecule has 1 aliphatic rings. The molecule has 18 heavy (non-hydrogen) atoms. The predicted octanol–water partition coefficient (Wildman–Crippen LogP) is 2.78. The molecule has 0 amide bonds. The molecule has 3 N–H and O–H groups in total. The molecule has 0 bridgehead atoms. The van der Waals surface area contributed by atoms with Crippen LogP contribution in [0.15, 0.2) is 0 Å². The third kappa shape index (κ3) is 1.74. The van der Waals surface area contributed by atoms with Crippen LogP contribution in [0.25, 0.3) is 0 Å². The minimum absolute atomic E-state index is 0.283. The van der Waals surface area contributed by atoms with Crippen molar-refractivity contribution in [3.8, 4) is 0 Å². The number of nitrogen functional groups attached to an aromatic ring is 1. The highest BCUT2D eigenvalue weighted by atomic mass is 15.1. The number of nitrogens with one attached hydrogen (secondary N) is 1. The Bertz CT molecular complexity index is 463. The third-order valence-corrected chi connectivity index (χ3v) is 4.85. The SMILES string of the molecule is CCc1nc(N)c(C)c(NC2C(C)(C)C2(C)C)n1. The standard InChI is InChI=1S/C14H24N4/c1-7-9-16-10(15)8(2)11(17-9)18-12-13(3,4)14(12,5)6/h12H,7H2,1-6H3,(H3,15,16,17,18). The van der Waals surface area contributed by atoms with Crippen LogP contribution in [0.4, 0.5) is 11.6 Å². The molecule has 4 nitrogen and oxygen atoms in total. The Morgan fingerprint density at radius 2 is 1.72 bits per heavy atom. The molecule has 0 saturated heterocycles. The van der Waals surface area contributed by atoms with Crippen LogP contribution in [-0.4, -0.2) is 16.0 Å². The van der Waals surface area contributed by atoms with E-state index < -0.39 is 0 Å². The van der Waals surface area contributed by atoms with Crippen molar-refractivity contribution in [1.82, 2.24) is 9.97 Å². The summed E-state index contributed by atoms with van der Waals surface area (Å²) in [4.78, 5) is 8.84. The lowest BCUT2D eigenvalue weighted by atomic mass is 10.0.